The summed E-state index contributed by atoms with van der Waals surface area (Å²) in [6.45, 7) is 13.0. The van der Waals surface area contributed by atoms with Gasteiger partial charge in [0, 0.05) is 40.8 Å². The first-order chi connectivity index (χ1) is 10.0. The van der Waals surface area contributed by atoms with Gasteiger partial charge in [0.2, 0.25) is 7.71 Å². The fourth-order valence-electron chi connectivity index (χ4n) is 3.15. The summed E-state index contributed by atoms with van der Waals surface area (Å²) in [4.78, 5) is 0. The predicted octanol–water partition coefficient (Wildman–Crippen LogP) is 4.96. The van der Waals surface area contributed by atoms with Gasteiger partial charge in [-0.1, -0.05) is 40.0 Å². The number of rotatable bonds is 13. The fourth-order valence-corrected chi connectivity index (χ4v) is 7.55. The molecule has 0 heterocycles. The molecule has 0 atom stereocenters. The predicted molar refractivity (Wildman–Crippen MR) is 100 cm³/mol. The highest BCUT2D eigenvalue weighted by Crippen LogP contribution is 2.65. The van der Waals surface area contributed by atoms with Gasteiger partial charge in [0.05, 0.1) is 0 Å². The largest absolute Gasteiger partial charge is 0.226 e. The molecule has 0 saturated heterocycles. The maximum absolute atomic E-state index is 2.70. The van der Waals surface area contributed by atoms with Gasteiger partial charge in [-0.15, -0.1) is 0 Å². The van der Waals surface area contributed by atoms with Crippen molar-refractivity contribution >= 4 is 7.71 Å². The van der Waals surface area contributed by atoms with Crippen LogP contribution in [-0.2, 0) is 0 Å². The van der Waals surface area contributed by atoms with Crippen LogP contribution in [0.25, 0.3) is 0 Å². The van der Waals surface area contributed by atoms with Crippen molar-refractivity contribution in [1.29, 1.82) is 0 Å². The van der Waals surface area contributed by atoms with Crippen molar-refractivity contribution in [3.8, 4) is 0 Å². The van der Waals surface area contributed by atoms with Crippen LogP contribution in [0.5, 0.6) is 0 Å². The van der Waals surface area contributed by atoms with E-state index in [0.717, 1.165) is 0 Å². The van der Waals surface area contributed by atoms with Gasteiger partial charge < -0.3 is 0 Å². The van der Waals surface area contributed by atoms with Crippen LogP contribution in [0.15, 0.2) is 0 Å². The molecule has 21 heavy (non-hydrogen) atoms. The molecule has 0 aromatic rings. The SMILES string of the molecule is CCCCN(C)[P+](CC)(N(C)CCCC)N(C)CCCC. The molecule has 0 aliphatic carbocycles. The fraction of sp³-hybridized carbons (Fsp3) is 1.00. The summed E-state index contributed by atoms with van der Waals surface area (Å²) in [6, 6.07) is 0. The molecule has 0 spiro atoms. The zero-order valence-electron chi connectivity index (χ0n) is 15.9. The summed E-state index contributed by atoms with van der Waals surface area (Å²) < 4.78 is 8.09. The van der Waals surface area contributed by atoms with Crippen LogP contribution in [-0.4, -0.2) is 61.0 Å². The molecule has 0 N–H and O–H groups in total. The Kier molecular flexibility index (Phi) is 12.0. The van der Waals surface area contributed by atoms with E-state index in [0.29, 0.717) is 0 Å². The van der Waals surface area contributed by atoms with E-state index in [1.165, 1.54) is 64.3 Å². The Morgan fingerprint density at radius 2 is 0.857 bits per heavy atom. The Hall–Kier alpha value is 0.310. The third-order valence-corrected chi connectivity index (χ3v) is 9.30. The van der Waals surface area contributed by atoms with E-state index in [1.54, 1.807) is 0 Å². The second-order valence-electron chi connectivity index (χ2n) is 6.21. The molecular formula is C17H41N3P+. The zero-order chi connectivity index (χ0) is 16.3. The molecule has 0 aromatic carbocycles. The minimum atomic E-state index is -1.34. The first-order valence-corrected chi connectivity index (χ1v) is 10.9. The molecule has 0 aliphatic heterocycles. The van der Waals surface area contributed by atoms with E-state index in [-0.39, 0.29) is 0 Å². The van der Waals surface area contributed by atoms with Crippen molar-refractivity contribution in [3.05, 3.63) is 0 Å². The van der Waals surface area contributed by atoms with E-state index in [1.807, 2.05) is 0 Å². The van der Waals surface area contributed by atoms with Gasteiger partial charge in [-0.2, -0.15) is 14.0 Å². The van der Waals surface area contributed by atoms with Crippen LogP contribution >= 0.6 is 7.71 Å². The Labute approximate surface area is 135 Å². The highest BCUT2D eigenvalue weighted by molar-refractivity contribution is 7.68. The van der Waals surface area contributed by atoms with Gasteiger partial charge in [0.25, 0.3) is 0 Å². The monoisotopic (exact) mass is 318 g/mol. The minimum Gasteiger partial charge on any atom is -0.151 e. The summed E-state index contributed by atoms with van der Waals surface area (Å²) in [5.41, 5.74) is 0. The van der Waals surface area contributed by atoms with Gasteiger partial charge >= 0.3 is 0 Å². The summed E-state index contributed by atoms with van der Waals surface area (Å²) in [5, 5.41) is 0. The summed E-state index contributed by atoms with van der Waals surface area (Å²) in [7, 11) is 5.74. The van der Waals surface area contributed by atoms with Crippen LogP contribution in [0.2, 0.25) is 0 Å². The molecule has 0 bridgehead atoms. The first kappa shape index (κ1) is 21.3. The van der Waals surface area contributed by atoms with Crippen molar-refractivity contribution in [1.82, 2.24) is 14.0 Å². The van der Waals surface area contributed by atoms with E-state index < -0.39 is 7.71 Å². The average Bonchev–Trinajstić information content (AvgIpc) is 2.49. The summed E-state index contributed by atoms with van der Waals surface area (Å²) in [6.07, 6.45) is 9.03. The molecule has 0 fully saturated rings. The molecule has 0 saturated carbocycles. The maximum Gasteiger partial charge on any atom is 0.226 e. The Bertz CT molecular complexity index is 212. The second-order valence-corrected chi connectivity index (χ2v) is 10.3. The van der Waals surface area contributed by atoms with Crippen LogP contribution in [0.1, 0.15) is 66.2 Å². The van der Waals surface area contributed by atoms with Gasteiger partial charge in [-0.3, -0.25) is 0 Å². The second kappa shape index (κ2) is 11.8. The van der Waals surface area contributed by atoms with Crippen molar-refractivity contribution in [2.75, 3.05) is 46.9 Å². The number of hydrogen-bond acceptors (Lipinski definition) is 3. The maximum atomic E-state index is 2.70. The number of hydrogen-bond donors (Lipinski definition) is 0. The van der Waals surface area contributed by atoms with Gasteiger partial charge in [0.1, 0.15) is 6.16 Å². The van der Waals surface area contributed by atoms with Gasteiger partial charge in [0.15, 0.2) is 0 Å². The Morgan fingerprint density at radius 1 is 0.571 bits per heavy atom. The summed E-state index contributed by atoms with van der Waals surface area (Å²) >= 11 is 0. The molecule has 0 aromatic heterocycles. The Balaban J connectivity index is 5.14. The van der Waals surface area contributed by atoms with E-state index >= 15 is 0 Å². The van der Waals surface area contributed by atoms with E-state index in [4.69, 9.17) is 0 Å². The van der Waals surface area contributed by atoms with Crippen molar-refractivity contribution < 1.29 is 0 Å². The highest BCUT2D eigenvalue weighted by Gasteiger charge is 2.49. The molecule has 4 heteroatoms. The quantitative estimate of drug-likeness (QED) is 0.444. The molecule has 0 rings (SSSR count). The molecule has 0 aliphatic rings. The molecular weight excluding hydrogens is 277 g/mol. The molecule has 0 radical (unpaired) electrons. The third-order valence-electron chi connectivity index (χ3n) is 4.57. The van der Waals surface area contributed by atoms with Crippen LogP contribution < -0.4 is 0 Å². The smallest absolute Gasteiger partial charge is 0.151 e. The topological polar surface area (TPSA) is 9.72 Å². The lowest BCUT2D eigenvalue weighted by Gasteiger charge is -2.44. The lowest BCUT2D eigenvalue weighted by atomic mass is 10.3. The van der Waals surface area contributed by atoms with E-state index in [9.17, 15) is 0 Å². The van der Waals surface area contributed by atoms with Gasteiger partial charge in [-0.25, -0.2) is 0 Å². The minimum absolute atomic E-state index is 1.23. The highest BCUT2D eigenvalue weighted by atomic mass is 31.2. The normalized spacial score (nSPS) is 12.9. The zero-order valence-corrected chi connectivity index (χ0v) is 16.8. The van der Waals surface area contributed by atoms with Crippen molar-refractivity contribution in [3.63, 3.8) is 0 Å². The standard InChI is InChI=1S/C17H41N3P/c1-8-12-15-18(5)21(11-4,19(6)16-13-9-2)20(7)17-14-10-3/h8-17H2,1-7H3/q+1. The van der Waals surface area contributed by atoms with Gasteiger partial charge in [-0.05, 0) is 26.2 Å². The van der Waals surface area contributed by atoms with Crippen molar-refractivity contribution in [2.24, 2.45) is 0 Å². The van der Waals surface area contributed by atoms with Crippen LogP contribution in [0.4, 0.5) is 0 Å². The summed E-state index contributed by atoms with van der Waals surface area (Å²) in [5.74, 6) is 0. The lowest BCUT2D eigenvalue weighted by Crippen LogP contribution is -2.43. The molecule has 0 amide bonds. The number of nitrogens with zero attached hydrogens (tertiary/aromatic N) is 3. The molecule has 0 unspecified atom stereocenters. The average molecular weight is 319 g/mol. The first-order valence-electron chi connectivity index (χ1n) is 9.03. The molecule has 128 valence electrons. The van der Waals surface area contributed by atoms with Crippen LogP contribution in [0.3, 0.4) is 0 Å². The van der Waals surface area contributed by atoms with Crippen molar-refractivity contribution in [2.45, 2.75) is 66.2 Å². The molecule has 3 nitrogen and oxygen atoms in total. The number of unbranched alkanes of at least 4 members (excludes halogenated alkanes) is 3. The van der Waals surface area contributed by atoms with Crippen LogP contribution in [0, 0.1) is 0 Å². The Morgan fingerprint density at radius 3 is 1.05 bits per heavy atom. The van der Waals surface area contributed by atoms with E-state index in [2.05, 4.69) is 62.8 Å². The third kappa shape index (κ3) is 6.14. The lowest BCUT2D eigenvalue weighted by molar-refractivity contribution is 0.357.